The van der Waals surface area contributed by atoms with E-state index in [2.05, 4.69) is 10.4 Å². The third-order valence-electron chi connectivity index (χ3n) is 5.09. The molecule has 3 aromatic rings. The Balaban J connectivity index is 1.41. The maximum absolute atomic E-state index is 12.7. The van der Waals surface area contributed by atoms with Gasteiger partial charge in [-0.2, -0.15) is 13.2 Å². The van der Waals surface area contributed by atoms with Crippen molar-refractivity contribution in [1.82, 2.24) is 15.4 Å². The van der Waals surface area contributed by atoms with E-state index >= 15 is 0 Å². The molecule has 180 valence electrons. The number of hydrogen-bond donors (Lipinski definition) is 1. The first kappa shape index (κ1) is 24.0. The van der Waals surface area contributed by atoms with Crippen molar-refractivity contribution in [2.75, 3.05) is 33.4 Å². The van der Waals surface area contributed by atoms with Gasteiger partial charge in [-0.25, -0.2) is 9.99 Å². The number of aromatic nitrogens is 1. The first-order valence-corrected chi connectivity index (χ1v) is 11.3. The van der Waals surface area contributed by atoms with Crippen molar-refractivity contribution in [1.29, 1.82) is 0 Å². The van der Waals surface area contributed by atoms with Gasteiger partial charge in [-0.15, -0.1) is 11.3 Å². The molecule has 0 bridgehead atoms. The van der Waals surface area contributed by atoms with E-state index < -0.39 is 11.7 Å². The lowest BCUT2D eigenvalue weighted by Gasteiger charge is -2.26. The largest absolute Gasteiger partial charge is 0.493 e. The van der Waals surface area contributed by atoms with E-state index in [0.717, 1.165) is 17.7 Å². The Morgan fingerprint density at radius 3 is 2.56 bits per heavy atom. The monoisotopic (exact) mass is 493 g/mol. The molecule has 1 N–H and O–H groups in total. The number of carbonyl (C=O) groups excluding carboxylic acids is 1. The minimum Gasteiger partial charge on any atom is -0.493 e. The number of halogens is 3. The smallest absolute Gasteiger partial charge is 0.416 e. The zero-order valence-electron chi connectivity index (χ0n) is 18.2. The van der Waals surface area contributed by atoms with Crippen LogP contribution in [0.5, 0.6) is 11.5 Å². The lowest BCUT2D eigenvalue weighted by molar-refractivity contribution is -0.137. The predicted octanol–water partition coefficient (Wildman–Crippen LogP) is 4.39. The molecule has 11 heteroatoms. The average Bonchev–Trinajstić information content (AvgIpc) is 3.33. The van der Waals surface area contributed by atoms with E-state index in [0.29, 0.717) is 54.1 Å². The Hall–Kier alpha value is -3.15. The van der Waals surface area contributed by atoms with Gasteiger partial charge < -0.3 is 14.2 Å². The quantitative estimate of drug-likeness (QED) is 0.526. The van der Waals surface area contributed by atoms with Gasteiger partial charge in [0, 0.05) is 24.0 Å². The third kappa shape index (κ3) is 5.85. The van der Waals surface area contributed by atoms with Crippen molar-refractivity contribution in [3.63, 3.8) is 0 Å². The fourth-order valence-electron chi connectivity index (χ4n) is 3.26. The highest BCUT2D eigenvalue weighted by Crippen LogP contribution is 2.34. The van der Waals surface area contributed by atoms with Crippen LogP contribution in [-0.4, -0.2) is 49.3 Å². The molecule has 1 fully saturated rings. The highest BCUT2D eigenvalue weighted by molar-refractivity contribution is 7.13. The Morgan fingerprint density at radius 2 is 1.88 bits per heavy atom. The van der Waals surface area contributed by atoms with Crippen LogP contribution < -0.4 is 14.9 Å². The Kier molecular flexibility index (Phi) is 7.35. The molecule has 1 aliphatic rings. The average molecular weight is 494 g/mol. The van der Waals surface area contributed by atoms with Crippen LogP contribution in [0.4, 0.5) is 13.2 Å². The number of ether oxygens (including phenoxy) is 3. The van der Waals surface area contributed by atoms with Gasteiger partial charge in [-0.1, -0.05) is 12.1 Å². The van der Waals surface area contributed by atoms with Crippen molar-refractivity contribution in [3.05, 3.63) is 64.7 Å². The van der Waals surface area contributed by atoms with Crippen LogP contribution in [0.25, 0.3) is 10.6 Å². The van der Waals surface area contributed by atoms with Gasteiger partial charge >= 0.3 is 6.18 Å². The molecular formula is C23H22F3N3O4S. The minimum absolute atomic E-state index is 0.0803. The van der Waals surface area contributed by atoms with E-state index in [4.69, 9.17) is 14.2 Å². The van der Waals surface area contributed by atoms with Crippen LogP contribution in [0.3, 0.4) is 0 Å². The molecule has 1 aliphatic heterocycles. The summed E-state index contributed by atoms with van der Waals surface area (Å²) in [7, 11) is 1.49. The molecular weight excluding hydrogens is 471 g/mol. The maximum Gasteiger partial charge on any atom is 0.416 e. The van der Waals surface area contributed by atoms with E-state index in [1.54, 1.807) is 28.6 Å². The summed E-state index contributed by atoms with van der Waals surface area (Å²) in [6.45, 7) is 2.45. The fraction of sp³-hybridized carbons (Fsp3) is 0.304. The molecule has 0 unspecified atom stereocenters. The number of benzene rings is 2. The highest BCUT2D eigenvalue weighted by Gasteiger charge is 2.30. The second kappa shape index (κ2) is 10.4. The lowest BCUT2D eigenvalue weighted by Crippen LogP contribution is -2.48. The second-order valence-electron chi connectivity index (χ2n) is 7.43. The summed E-state index contributed by atoms with van der Waals surface area (Å²) in [5.74, 6) is 0.597. The molecule has 1 amide bonds. The summed E-state index contributed by atoms with van der Waals surface area (Å²) in [5.41, 5.74) is 3.77. The molecule has 2 aromatic carbocycles. The molecule has 34 heavy (non-hydrogen) atoms. The van der Waals surface area contributed by atoms with Gasteiger partial charge in [0.1, 0.15) is 17.3 Å². The molecule has 4 rings (SSSR count). The third-order valence-corrected chi connectivity index (χ3v) is 5.99. The van der Waals surface area contributed by atoms with Gasteiger partial charge in [0.05, 0.1) is 25.9 Å². The molecule has 0 aliphatic carbocycles. The number of rotatable bonds is 7. The molecule has 2 heterocycles. The Labute approximate surface area is 198 Å². The zero-order valence-corrected chi connectivity index (χ0v) is 19.0. The van der Waals surface area contributed by atoms with Crippen molar-refractivity contribution >= 4 is 17.2 Å². The van der Waals surface area contributed by atoms with Crippen molar-refractivity contribution in [3.8, 4) is 22.1 Å². The molecule has 7 nitrogen and oxygen atoms in total. The maximum atomic E-state index is 12.7. The van der Waals surface area contributed by atoms with Crippen LogP contribution in [-0.2, 0) is 17.5 Å². The fourth-order valence-corrected chi connectivity index (χ4v) is 4.05. The number of hydrazine groups is 1. The molecule has 0 atom stereocenters. The van der Waals surface area contributed by atoms with Gasteiger partial charge in [0.15, 0.2) is 11.5 Å². The number of thiazole rings is 1. The number of methoxy groups -OCH3 is 1. The Morgan fingerprint density at radius 1 is 1.15 bits per heavy atom. The standard InChI is InChI=1S/C23H22F3N3O4S/c1-31-20-12-16(22-27-18(14-34-22)21(30)28-29-8-10-32-11-9-29)4-7-19(20)33-13-15-2-5-17(6-3-15)23(24,25)26/h2-7,12,14H,8-11,13H2,1H3,(H,28,30). The van der Waals surface area contributed by atoms with E-state index in [1.807, 2.05) is 0 Å². The van der Waals surface area contributed by atoms with Crippen molar-refractivity contribution in [2.45, 2.75) is 12.8 Å². The molecule has 0 radical (unpaired) electrons. The number of alkyl halides is 3. The van der Waals surface area contributed by atoms with Crippen LogP contribution in [0, 0.1) is 0 Å². The van der Waals surface area contributed by atoms with E-state index in [-0.39, 0.29) is 12.5 Å². The number of nitrogens with one attached hydrogen (secondary N) is 1. The summed E-state index contributed by atoms with van der Waals surface area (Å²) >= 11 is 1.33. The first-order valence-electron chi connectivity index (χ1n) is 10.4. The summed E-state index contributed by atoms with van der Waals surface area (Å²) in [4.78, 5) is 16.9. The predicted molar refractivity (Wildman–Crippen MR) is 120 cm³/mol. The number of hydrogen-bond acceptors (Lipinski definition) is 7. The normalized spacial score (nSPS) is 14.6. The topological polar surface area (TPSA) is 72.9 Å². The summed E-state index contributed by atoms with van der Waals surface area (Å²) < 4.78 is 54.6. The van der Waals surface area contributed by atoms with Gasteiger partial charge in [-0.3, -0.25) is 10.2 Å². The Bertz CT molecular complexity index is 1130. The first-order chi connectivity index (χ1) is 16.3. The summed E-state index contributed by atoms with van der Waals surface area (Å²) in [5, 5.41) is 4.13. The number of morpholine rings is 1. The van der Waals surface area contributed by atoms with Crippen LogP contribution in [0.2, 0.25) is 0 Å². The number of nitrogens with zero attached hydrogens (tertiary/aromatic N) is 2. The SMILES string of the molecule is COc1cc(-c2nc(C(=O)NN3CCOCC3)cs2)ccc1OCc1ccc(C(F)(F)F)cc1. The molecule has 1 aromatic heterocycles. The van der Waals surface area contributed by atoms with Gasteiger partial charge in [0.25, 0.3) is 5.91 Å². The van der Waals surface area contributed by atoms with Gasteiger partial charge in [0.2, 0.25) is 0 Å². The van der Waals surface area contributed by atoms with E-state index in [9.17, 15) is 18.0 Å². The minimum atomic E-state index is -4.38. The van der Waals surface area contributed by atoms with Crippen molar-refractivity contribution in [2.24, 2.45) is 0 Å². The van der Waals surface area contributed by atoms with Crippen LogP contribution in [0.15, 0.2) is 47.8 Å². The highest BCUT2D eigenvalue weighted by atomic mass is 32.1. The van der Waals surface area contributed by atoms with Gasteiger partial charge in [-0.05, 0) is 35.9 Å². The molecule has 0 spiro atoms. The summed E-state index contributed by atoms with van der Waals surface area (Å²) in [6, 6.07) is 10.0. The lowest BCUT2D eigenvalue weighted by atomic mass is 10.1. The summed E-state index contributed by atoms with van der Waals surface area (Å²) in [6.07, 6.45) is -4.38. The number of amides is 1. The van der Waals surface area contributed by atoms with Crippen LogP contribution in [0.1, 0.15) is 21.6 Å². The zero-order chi connectivity index (χ0) is 24.1. The van der Waals surface area contributed by atoms with Crippen LogP contribution >= 0.6 is 11.3 Å². The van der Waals surface area contributed by atoms with E-state index in [1.165, 1.54) is 30.6 Å². The number of carbonyl (C=O) groups is 1. The van der Waals surface area contributed by atoms with Crippen molar-refractivity contribution < 1.29 is 32.2 Å². The molecule has 1 saturated heterocycles. The molecule has 0 saturated carbocycles. The second-order valence-corrected chi connectivity index (χ2v) is 8.29.